The Morgan fingerprint density at radius 3 is 2.37 bits per heavy atom. The second-order valence-electron chi connectivity index (χ2n) is 5.76. The number of carbonyl (C=O) groups excluding carboxylic acids is 2. The fraction of sp³-hybridized carbons (Fsp3) is 0.158. The third-order valence-electron chi connectivity index (χ3n) is 3.76. The van der Waals surface area contributed by atoms with Gasteiger partial charge in [-0.2, -0.15) is 13.2 Å². The maximum Gasteiger partial charge on any atom is 0.416 e. The minimum atomic E-state index is -4.45. The number of amides is 1. The number of hydrogen-bond donors (Lipinski definition) is 1. The smallest absolute Gasteiger partial charge is 0.416 e. The van der Waals surface area contributed by atoms with Crippen molar-refractivity contribution in [2.24, 2.45) is 0 Å². The SMILES string of the molecule is C[C@H](OC(=O)c1cc2ccccc2s1)C(=O)Nc1ccc(C(F)(F)F)cc1. The van der Waals surface area contributed by atoms with Gasteiger partial charge in [-0.1, -0.05) is 18.2 Å². The number of halogens is 3. The van der Waals surface area contributed by atoms with E-state index < -0.39 is 29.7 Å². The van der Waals surface area contributed by atoms with Crippen molar-refractivity contribution in [1.29, 1.82) is 0 Å². The number of carbonyl (C=O) groups is 2. The molecule has 1 atom stereocenters. The average molecular weight is 393 g/mol. The Labute approximate surface area is 156 Å². The van der Waals surface area contributed by atoms with Crippen LogP contribution in [0.25, 0.3) is 10.1 Å². The van der Waals surface area contributed by atoms with Crippen LogP contribution in [0.5, 0.6) is 0 Å². The Bertz CT molecular complexity index is 947. The van der Waals surface area contributed by atoms with Gasteiger partial charge in [0, 0.05) is 10.4 Å². The van der Waals surface area contributed by atoms with Crippen molar-refractivity contribution in [2.45, 2.75) is 19.2 Å². The van der Waals surface area contributed by atoms with Gasteiger partial charge in [0.15, 0.2) is 6.10 Å². The van der Waals surface area contributed by atoms with Gasteiger partial charge in [0.05, 0.1) is 5.56 Å². The normalized spacial score (nSPS) is 12.6. The quantitative estimate of drug-likeness (QED) is 0.627. The van der Waals surface area contributed by atoms with E-state index in [0.717, 1.165) is 34.4 Å². The summed E-state index contributed by atoms with van der Waals surface area (Å²) in [5.41, 5.74) is -0.637. The molecule has 0 saturated heterocycles. The number of hydrogen-bond acceptors (Lipinski definition) is 4. The molecule has 0 fully saturated rings. The molecule has 0 unspecified atom stereocenters. The van der Waals surface area contributed by atoms with E-state index in [1.54, 1.807) is 6.07 Å². The van der Waals surface area contributed by atoms with Crippen molar-refractivity contribution in [3.05, 3.63) is 65.0 Å². The lowest BCUT2D eigenvalue weighted by molar-refractivity contribution is -0.137. The summed E-state index contributed by atoms with van der Waals surface area (Å²) in [6.45, 7) is 1.39. The lowest BCUT2D eigenvalue weighted by Crippen LogP contribution is -2.29. The van der Waals surface area contributed by atoms with Crippen molar-refractivity contribution in [2.75, 3.05) is 5.32 Å². The number of alkyl halides is 3. The first-order chi connectivity index (χ1) is 12.7. The van der Waals surface area contributed by atoms with Crippen LogP contribution in [0.4, 0.5) is 18.9 Å². The van der Waals surface area contributed by atoms with Crippen LogP contribution in [-0.4, -0.2) is 18.0 Å². The van der Waals surface area contributed by atoms with E-state index >= 15 is 0 Å². The lowest BCUT2D eigenvalue weighted by atomic mass is 10.2. The molecule has 1 heterocycles. The second-order valence-corrected chi connectivity index (χ2v) is 6.84. The summed E-state index contributed by atoms with van der Waals surface area (Å²) in [6, 6.07) is 13.1. The molecule has 0 bridgehead atoms. The summed E-state index contributed by atoms with van der Waals surface area (Å²) < 4.78 is 43.7. The number of ether oxygens (including phenoxy) is 1. The van der Waals surface area contributed by atoms with Crippen LogP contribution >= 0.6 is 11.3 Å². The molecule has 2 aromatic carbocycles. The van der Waals surface area contributed by atoms with Crippen molar-refractivity contribution < 1.29 is 27.5 Å². The predicted octanol–water partition coefficient (Wildman–Crippen LogP) is 5.10. The summed E-state index contributed by atoms with van der Waals surface area (Å²) in [5, 5.41) is 3.32. The molecule has 0 aliphatic carbocycles. The fourth-order valence-corrected chi connectivity index (χ4v) is 3.29. The van der Waals surface area contributed by atoms with Gasteiger partial charge in [-0.25, -0.2) is 4.79 Å². The van der Waals surface area contributed by atoms with Gasteiger partial charge in [-0.3, -0.25) is 4.79 Å². The molecule has 3 rings (SSSR count). The van der Waals surface area contributed by atoms with Gasteiger partial charge in [0.2, 0.25) is 0 Å². The van der Waals surface area contributed by atoms with Crippen LogP contribution in [0.1, 0.15) is 22.2 Å². The van der Waals surface area contributed by atoms with E-state index in [9.17, 15) is 22.8 Å². The Morgan fingerprint density at radius 2 is 1.74 bits per heavy atom. The minimum Gasteiger partial charge on any atom is -0.448 e. The number of esters is 1. The lowest BCUT2D eigenvalue weighted by Gasteiger charge is -2.13. The Hall–Kier alpha value is -2.87. The molecular formula is C19H14F3NO3S. The largest absolute Gasteiger partial charge is 0.448 e. The molecule has 0 radical (unpaired) electrons. The van der Waals surface area contributed by atoms with Crippen molar-refractivity contribution in [1.82, 2.24) is 0 Å². The summed E-state index contributed by atoms with van der Waals surface area (Å²) >= 11 is 1.25. The Morgan fingerprint density at radius 1 is 1.07 bits per heavy atom. The topological polar surface area (TPSA) is 55.4 Å². The van der Waals surface area contributed by atoms with E-state index in [4.69, 9.17) is 4.74 Å². The van der Waals surface area contributed by atoms with Crippen LogP contribution in [0.2, 0.25) is 0 Å². The van der Waals surface area contributed by atoms with E-state index in [0.29, 0.717) is 4.88 Å². The van der Waals surface area contributed by atoms with E-state index in [-0.39, 0.29) is 5.69 Å². The van der Waals surface area contributed by atoms with Crippen LogP contribution in [0.3, 0.4) is 0 Å². The summed E-state index contributed by atoms with van der Waals surface area (Å²) in [6.07, 6.45) is -5.56. The van der Waals surface area contributed by atoms with Gasteiger partial charge in [0.1, 0.15) is 4.88 Å². The minimum absolute atomic E-state index is 0.178. The van der Waals surface area contributed by atoms with Crippen molar-refractivity contribution in [3.63, 3.8) is 0 Å². The Kier molecular flexibility index (Phi) is 5.18. The predicted molar refractivity (Wildman–Crippen MR) is 96.8 cm³/mol. The van der Waals surface area contributed by atoms with Crippen LogP contribution in [0.15, 0.2) is 54.6 Å². The summed E-state index contributed by atoms with van der Waals surface area (Å²) in [5.74, 6) is -1.27. The highest BCUT2D eigenvalue weighted by molar-refractivity contribution is 7.20. The standard InChI is InChI=1S/C19H14F3NO3S/c1-11(17(24)23-14-8-6-13(7-9-14)19(20,21)22)26-18(25)16-10-12-4-2-3-5-15(12)27-16/h2-11H,1H3,(H,23,24)/t11-/m0/s1. The molecule has 27 heavy (non-hydrogen) atoms. The molecule has 0 aliphatic rings. The van der Waals surface area contributed by atoms with Gasteiger partial charge in [-0.05, 0) is 48.7 Å². The molecule has 1 N–H and O–H groups in total. The first-order valence-corrected chi connectivity index (χ1v) is 8.73. The second kappa shape index (κ2) is 7.40. The van der Waals surface area contributed by atoms with Crippen molar-refractivity contribution in [3.8, 4) is 0 Å². The fourth-order valence-electron chi connectivity index (χ4n) is 2.34. The number of nitrogens with one attached hydrogen (secondary N) is 1. The van der Waals surface area contributed by atoms with Gasteiger partial charge in [0.25, 0.3) is 5.91 Å². The highest BCUT2D eigenvalue weighted by Gasteiger charge is 2.30. The average Bonchev–Trinajstić information content (AvgIpc) is 3.05. The highest BCUT2D eigenvalue weighted by Crippen LogP contribution is 2.30. The summed E-state index contributed by atoms with van der Waals surface area (Å²) in [7, 11) is 0. The van der Waals surface area contributed by atoms with Gasteiger partial charge in [-0.15, -0.1) is 11.3 Å². The first-order valence-electron chi connectivity index (χ1n) is 7.92. The number of fused-ring (bicyclic) bond motifs is 1. The molecule has 1 amide bonds. The molecule has 8 heteroatoms. The zero-order valence-corrected chi connectivity index (χ0v) is 14.9. The van der Waals surface area contributed by atoms with E-state index in [1.165, 1.54) is 18.3 Å². The molecule has 0 saturated carbocycles. The molecule has 140 valence electrons. The van der Waals surface area contributed by atoms with E-state index in [1.807, 2.05) is 24.3 Å². The maximum absolute atomic E-state index is 12.5. The summed E-state index contributed by atoms with van der Waals surface area (Å²) in [4.78, 5) is 24.7. The number of thiophene rings is 1. The Balaban J connectivity index is 1.62. The van der Waals surface area contributed by atoms with Gasteiger partial charge < -0.3 is 10.1 Å². The van der Waals surface area contributed by atoms with Crippen LogP contribution in [0, 0.1) is 0 Å². The molecule has 0 spiro atoms. The van der Waals surface area contributed by atoms with Crippen LogP contribution < -0.4 is 5.32 Å². The number of rotatable bonds is 4. The molecular weight excluding hydrogens is 379 g/mol. The number of anilines is 1. The molecule has 3 aromatic rings. The third-order valence-corrected chi connectivity index (χ3v) is 4.86. The van der Waals surface area contributed by atoms with E-state index in [2.05, 4.69) is 5.32 Å². The maximum atomic E-state index is 12.5. The highest BCUT2D eigenvalue weighted by atomic mass is 32.1. The number of benzene rings is 2. The van der Waals surface area contributed by atoms with Crippen molar-refractivity contribution >= 4 is 39.0 Å². The molecule has 1 aromatic heterocycles. The zero-order valence-electron chi connectivity index (χ0n) is 14.0. The van der Waals surface area contributed by atoms with Crippen LogP contribution in [-0.2, 0) is 15.7 Å². The third kappa shape index (κ3) is 4.46. The zero-order chi connectivity index (χ0) is 19.6. The first kappa shape index (κ1) is 18.9. The molecule has 0 aliphatic heterocycles. The monoisotopic (exact) mass is 393 g/mol. The van der Waals surface area contributed by atoms with Gasteiger partial charge >= 0.3 is 12.1 Å². The molecule has 4 nitrogen and oxygen atoms in total.